The number of fused-ring (bicyclic) bond motifs is 1. The molecule has 0 saturated heterocycles. The zero-order valence-corrected chi connectivity index (χ0v) is 11.4. The van der Waals surface area contributed by atoms with E-state index in [4.69, 9.17) is 0 Å². The van der Waals surface area contributed by atoms with E-state index in [9.17, 15) is 18.7 Å². The molecule has 0 aliphatic carbocycles. The summed E-state index contributed by atoms with van der Waals surface area (Å²) in [5.74, 6) is 0. The molecule has 0 fully saturated rings. The van der Waals surface area contributed by atoms with Gasteiger partial charge in [0.2, 0.25) is 0 Å². The second-order valence-electron chi connectivity index (χ2n) is 5.12. The van der Waals surface area contributed by atoms with Gasteiger partial charge in [-0.1, -0.05) is 18.2 Å². The van der Waals surface area contributed by atoms with Gasteiger partial charge in [-0.15, -0.1) is 0 Å². The Bertz CT molecular complexity index is 494. The van der Waals surface area contributed by atoms with Crippen molar-refractivity contribution in [3.63, 3.8) is 0 Å². The fourth-order valence-electron chi connectivity index (χ4n) is 2.79. The Morgan fingerprint density at radius 1 is 1.50 bits per heavy atom. The molecule has 1 radical (unpaired) electrons. The third-order valence-corrected chi connectivity index (χ3v) is 3.98. The lowest BCUT2D eigenvalue weighted by Gasteiger charge is -2.37. The van der Waals surface area contributed by atoms with Crippen LogP contribution in [0.3, 0.4) is 0 Å². The van der Waals surface area contributed by atoms with Crippen LogP contribution in [0.15, 0.2) is 18.2 Å². The van der Waals surface area contributed by atoms with Crippen molar-refractivity contribution in [3.8, 4) is 0 Å². The Labute approximate surface area is 117 Å². The van der Waals surface area contributed by atoms with E-state index >= 15 is 0 Å². The molecule has 20 heavy (non-hydrogen) atoms. The molecule has 1 aromatic carbocycles. The molecule has 1 heterocycles. The number of hydrogen-bond acceptors (Lipinski definition) is 3. The zero-order chi connectivity index (χ0) is 14.8. The Balaban J connectivity index is 2.44. The predicted molar refractivity (Wildman–Crippen MR) is 73.6 cm³/mol. The lowest BCUT2D eigenvalue weighted by atomic mass is 9.79. The van der Waals surface area contributed by atoms with Crippen molar-refractivity contribution >= 4 is 13.6 Å². The molecule has 107 valence electrons. The first-order valence-electron chi connectivity index (χ1n) is 6.58. The normalized spacial score (nSPS) is 19.5. The zero-order valence-electron chi connectivity index (χ0n) is 11.4. The third kappa shape index (κ3) is 2.50. The highest BCUT2D eigenvalue weighted by molar-refractivity contribution is 6.64. The fourth-order valence-corrected chi connectivity index (χ4v) is 2.79. The van der Waals surface area contributed by atoms with E-state index in [1.165, 1.54) is 7.41 Å². The molecule has 6 heteroatoms. The molecule has 0 saturated carbocycles. The van der Waals surface area contributed by atoms with Crippen LogP contribution in [0.4, 0.5) is 8.78 Å². The average molecular weight is 280 g/mol. The maximum Gasteiger partial charge on any atom is 0.293 e. The number of benzene rings is 1. The highest BCUT2D eigenvalue weighted by Crippen LogP contribution is 2.35. The minimum atomic E-state index is -2.07. The van der Waals surface area contributed by atoms with Crippen LogP contribution in [-0.2, 0) is 16.8 Å². The van der Waals surface area contributed by atoms with Gasteiger partial charge in [0.25, 0.3) is 7.41 Å². The third-order valence-electron chi connectivity index (χ3n) is 3.98. The molecule has 1 aromatic rings. The van der Waals surface area contributed by atoms with E-state index < -0.39 is 19.0 Å². The van der Waals surface area contributed by atoms with Crippen molar-refractivity contribution < 1.29 is 18.7 Å². The van der Waals surface area contributed by atoms with Gasteiger partial charge in [0, 0.05) is 6.04 Å². The van der Waals surface area contributed by atoms with Crippen molar-refractivity contribution in [1.82, 2.24) is 4.81 Å². The number of nitrogens with zero attached hydrogens (tertiary/aromatic N) is 1. The summed E-state index contributed by atoms with van der Waals surface area (Å²) in [6.07, 6.45) is 1.27. The van der Waals surface area contributed by atoms with Gasteiger partial charge in [0.1, 0.15) is 19.0 Å². The summed E-state index contributed by atoms with van der Waals surface area (Å²) in [4.78, 5) is 12.5. The van der Waals surface area contributed by atoms with E-state index in [1.807, 2.05) is 17.8 Å². The topological polar surface area (TPSA) is 40.5 Å². The Morgan fingerprint density at radius 2 is 2.20 bits per heavy atom. The van der Waals surface area contributed by atoms with Gasteiger partial charge in [-0.2, -0.15) is 0 Å². The first-order valence-corrected chi connectivity index (χ1v) is 6.58. The van der Waals surface area contributed by atoms with Crippen LogP contribution in [0.25, 0.3) is 0 Å². The van der Waals surface area contributed by atoms with Gasteiger partial charge in [-0.25, -0.2) is 8.78 Å². The Kier molecular flexibility index (Phi) is 4.55. The number of alkyl halides is 2. The highest BCUT2D eigenvalue weighted by atomic mass is 19.1. The second kappa shape index (κ2) is 6.02. The first kappa shape index (κ1) is 15.1. The maximum absolute atomic E-state index is 13.0. The second-order valence-corrected chi connectivity index (χ2v) is 5.12. The van der Waals surface area contributed by atoms with Crippen molar-refractivity contribution in [2.45, 2.75) is 25.0 Å². The number of halogens is 2. The van der Waals surface area contributed by atoms with E-state index in [1.54, 1.807) is 12.1 Å². The smallest absolute Gasteiger partial charge is 0.293 e. The molecule has 0 aromatic heterocycles. The average Bonchev–Trinajstić information content (AvgIpc) is 2.49. The molecule has 0 bridgehead atoms. The Hall–Kier alpha value is -1.27. The summed E-state index contributed by atoms with van der Waals surface area (Å²) >= 11 is 0. The van der Waals surface area contributed by atoms with Gasteiger partial charge in [0.05, 0.1) is 6.19 Å². The van der Waals surface area contributed by atoms with E-state index in [0.717, 1.165) is 17.3 Å². The minimum Gasteiger partial charge on any atom is -0.380 e. The summed E-state index contributed by atoms with van der Waals surface area (Å²) in [6.45, 7) is 0.196. The fraction of sp³-hybridized carbons (Fsp3) is 0.500. The monoisotopic (exact) mass is 280 g/mol. The molecule has 0 unspecified atom stereocenters. The van der Waals surface area contributed by atoms with Crippen LogP contribution in [0.1, 0.15) is 29.7 Å². The number of carbonyl (C=O) groups is 1. The molecule has 2 rings (SSSR count). The molecule has 3 nitrogen and oxygen atoms in total. The molecular weight excluding hydrogens is 263 g/mol. The van der Waals surface area contributed by atoms with Gasteiger partial charge >= 0.3 is 0 Å². The predicted octanol–water partition coefficient (Wildman–Crippen LogP) is 1.54. The quantitative estimate of drug-likeness (QED) is 0.657. The van der Waals surface area contributed by atoms with Crippen molar-refractivity contribution in [3.05, 3.63) is 34.9 Å². The van der Waals surface area contributed by atoms with Crippen LogP contribution < -0.4 is 0 Å². The largest absolute Gasteiger partial charge is 0.380 e. The molecule has 0 spiro atoms. The van der Waals surface area contributed by atoms with E-state index in [0.29, 0.717) is 18.5 Å². The van der Waals surface area contributed by atoms with Gasteiger partial charge < -0.3 is 14.7 Å². The lowest BCUT2D eigenvalue weighted by Crippen LogP contribution is -2.40. The Morgan fingerprint density at radius 3 is 2.80 bits per heavy atom. The molecule has 1 atom stereocenters. The van der Waals surface area contributed by atoms with Crippen LogP contribution in [0.5, 0.6) is 0 Å². The van der Waals surface area contributed by atoms with Crippen LogP contribution >= 0.6 is 0 Å². The molecule has 1 N–H and O–H groups in total. The molecular formula is C14H17BF2NO2. The van der Waals surface area contributed by atoms with Crippen LogP contribution in [-0.4, -0.2) is 43.4 Å². The molecule has 1 aliphatic rings. The lowest BCUT2D eigenvalue weighted by molar-refractivity contribution is -0.0122. The van der Waals surface area contributed by atoms with Crippen molar-refractivity contribution in [2.75, 3.05) is 19.9 Å². The van der Waals surface area contributed by atoms with Crippen LogP contribution in [0, 0.1) is 0 Å². The molecule has 1 aliphatic heterocycles. The molecule has 0 amide bonds. The number of carbonyl (C=O) groups excluding carboxylic acids is 1. The van der Waals surface area contributed by atoms with Gasteiger partial charge in [-0.05, 0) is 36.6 Å². The summed E-state index contributed by atoms with van der Waals surface area (Å²) in [5.41, 5.74) is -0.0696. The summed E-state index contributed by atoms with van der Waals surface area (Å²) in [6, 6.07) is 5.06. The number of rotatable bonds is 5. The van der Waals surface area contributed by atoms with Crippen molar-refractivity contribution in [1.29, 1.82) is 0 Å². The van der Waals surface area contributed by atoms with Crippen molar-refractivity contribution in [2.24, 2.45) is 0 Å². The van der Waals surface area contributed by atoms with Crippen LogP contribution in [0.2, 0.25) is 0 Å². The summed E-state index contributed by atoms with van der Waals surface area (Å²) in [7, 11) is 1.47. The minimum absolute atomic E-state index is 0.0626. The summed E-state index contributed by atoms with van der Waals surface area (Å²) in [5, 5.41) is 10.1. The van der Waals surface area contributed by atoms with E-state index in [2.05, 4.69) is 0 Å². The maximum atomic E-state index is 13.0. The number of aliphatic hydroxyl groups is 1. The van der Waals surface area contributed by atoms with Gasteiger partial charge in [0.15, 0.2) is 0 Å². The number of hydrogen-bond donors (Lipinski definition) is 1. The summed E-state index contributed by atoms with van der Waals surface area (Å²) < 4.78 is 26.1. The highest BCUT2D eigenvalue weighted by Gasteiger charge is 2.35. The van der Waals surface area contributed by atoms with Gasteiger partial charge in [-0.3, -0.25) is 0 Å². The first-order chi connectivity index (χ1) is 9.57. The van der Waals surface area contributed by atoms with E-state index in [-0.39, 0.29) is 6.04 Å². The standard InChI is InChI=1S/C14H17BF2NO2/c1-10-11-3-2-4-13(14(20,7-16)8-17)12(11)5-6-18(10)15-9-19/h2-4,9-10,20H,5-8H2,1H3/t10-/m0/s1. The SMILES string of the molecule is C[C@H]1c2cccc(C(O)(CF)CF)c2CCN1[B]C=O.